The Morgan fingerprint density at radius 2 is 1.01 bits per heavy atom. The summed E-state index contributed by atoms with van der Waals surface area (Å²) in [5.74, 6) is -1.75. The van der Waals surface area contributed by atoms with Crippen LogP contribution in [-0.4, -0.2) is 160 Å². The monoisotopic (exact) mass is 924 g/mol. The zero-order chi connectivity index (χ0) is 48.0. The predicted molar refractivity (Wildman–Crippen MR) is 245 cm³/mol. The number of anilines is 2. The zero-order valence-corrected chi connectivity index (χ0v) is 40.2. The third-order valence-electron chi connectivity index (χ3n) is 18.0. The molecule has 8 aliphatic rings. The van der Waals surface area contributed by atoms with Gasteiger partial charge in [-0.15, -0.1) is 0 Å². The van der Waals surface area contributed by atoms with Crippen molar-refractivity contribution in [2.24, 2.45) is 10.8 Å². The van der Waals surface area contributed by atoms with E-state index in [9.17, 15) is 29.4 Å². The number of carbonyl (C=O) groups is 4. The molecule has 2 aromatic rings. The average molecular weight is 925 g/mol. The summed E-state index contributed by atoms with van der Waals surface area (Å²) in [4.78, 5) is 63.4. The Morgan fingerprint density at radius 3 is 1.34 bits per heavy atom. The van der Waals surface area contributed by atoms with E-state index in [-0.39, 0.29) is 12.1 Å². The molecule has 360 valence electrons. The van der Waals surface area contributed by atoms with E-state index in [0.717, 1.165) is 33.6 Å². The van der Waals surface area contributed by atoms with Crippen LogP contribution in [0.2, 0.25) is 0 Å². The van der Waals surface area contributed by atoms with E-state index in [1.807, 2.05) is 49.9 Å². The Morgan fingerprint density at radius 1 is 0.627 bits per heavy atom. The van der Waals surface area contributed by atoms with E-state index in [1.165, 1.54) is 28.1 Å². The van der Waals surface area contributed by atoms with Gasteiger partial charge in [0.1, 0.15) is 11.5 Å². The van der Waals surface area contributed by atoms with Crippen molar-refractivity contribution < 1.29 is 57.8 Å². The average Bonchev–Trinajstić information content (AvgIpc) is 4.04. The SMILES string of the molecule is CC[C@]12C=CCN3CC[C@]4(c5cc(Cc6cc7c(cc6OC)N(C)[C@@H]6[C@](O)(C(=O)OC)[C@H](OC(C)=O)[C@]8(CC)C=CCN9CC[C@@]76[C@@H]98)c(OC)cc5N(C)[C@@H]4[C@](O)(C(=O)OC)[C@H]1OC(C)=O)[C@H]32. The zero-order valence-electron chi connectivity index (χ0n) is 40.2. The number of benzene rings is 2. The smallest absolute Gasteiger partial charge is 0.344 e. The maximum atomic E-state index is 14.3. The fourth-order valence-corrected chi connectivity index (χ4v) is 16.1. The Bertz CT molecular complexity index is 2360. The molecular formula is C51H64N4O12. The first kappa shape index (κ1) is 45.6. The van der Waals surface area contributed by atoms with Crippen LogP contribution in [-0.2, 0) is 55.4 Å². The summed E-state index contributed by atoms with van der Waals surface area (Å²) in [6.07, 6.45) is 8.25. The maximum Gasteiger partial charge on any atom is 0.344 e. The molecule has 2 saturated carbocycles. The number of aliphatic hydroxyl groups is 2. The molecule has 16 nitrogen and oxygen atoms in total. The molecule has 2 spiro atoms. The first-order chi connectivity index (χ1) is 31.9. The van der Waals surface area contributed by atoms with Gasteiger partial charge in [0, 0.05) is 105 Å². The lowest BCUT2D eigenvalue weighted by atomic mass is 9.47. The third kappa shape index (κ3) is 5.33. The van der Waals surface area contributed by atoms with Crippen LogP contribution < -0.4 is 19.3 Å². The Hall–Kier alpha value is -5.16. The van der Waals surface area contributed by atoms with E-state index < -0.39 is 81.0 Å². The fraction of sp³-hybridized carbons (Fsp3) is 0.608. The van der Waals surface area contributed by atoms with E-state index in [1.54, 1.807) is 14.2 Å². The van der Waals surface area contributed by atoms with Crippen LogP contribution in [0.15, 0.2) is 48.6 Å². The van der Waals surface area contributed by atoms with Gasteiger partial charge in [-0.1, -0.05) is 38.2 Å². The summed E-state index contributed by atoms with van der Waals surface area (Å²) < 4.78 is 35.6. The lowest BCUT2D eigenvalue weighted by Crippen LogP contribution is -2.81. The molecule has 16 heteroatoms. The highest BCUT2D eigenvalue weighted by Crippen LogP contribution is 2.70. The van der Waals surface area contributed by atoms with E-state index in [4.69, 9.17) is 28.4 Å². The summed E-state index contributed by atoms with van der Waals surface area (Å²) in [6, 6.07) is 6.04. The number of rotatable bonds is 10. The number of methoxy groups -OCH3 is 4. The number of hydrogen-bond donors (Lipinski definition) is 2. The van der Waals surface area contributed by atoms with Crippen LogP contribution in [0.25, 0.3) is 0 Å². The second kappa shape index (κ2) is 15.2. The molecule has 0 radical (unpaired) electrons. The standard InChI is InChI=1S/C51H64N4O12/c1-11-46-15-13-19-54-21-17-48(38(46)54)32-24-30(36(62-7)26-34(32)52(5)40(48)50(60,44(58)64-9)42(46)66-28(3)56)23-31-25-33-35(27-37(31)63-8)53(6)41-49(33)18-22-55-20-14-16-47(12-2,39(49)55)43(67-29(4)57)51(41,61)45(59)65-10/h13-16,24-27,38-43,60-61H,11-12,17-23H2,1-10H3/t38-,39+,40-,41-,42+,43-,46+,47+,48-,49-,50+,51+/m0/s1. The normalized spacial score (nSPS) is 38.3. The highest BCUT2D eigenvalue weighted by Gasteiger charge is 2.82. The number of fused-ring (bicyclic) bond motifs is 2. The molecule has 12 atom stereocenters. The maximum absolute atomic E-state index is 14.3. The van der Waals surface area contributed by atoms with Crippen LogP contribution in [0, 0.1) is 10.8 Å². The molecule has 0 unspecified atom stereocenters. The van der Waals surface area contributed by atoms with E-state index >= 15 is 0 Å². The molecule has 2 saturated heterocycles. The number of ether oxygens (including phenoxy) is 6. The largest absolute Gasteiger partial charge is 0.496 e. The highest BCUT2D eigenvalue weighted by molar-refractivity contribution is 5.88. The van der Waals surface area contributed by atoms with Crippen molar-refractivity contribution in [2.45, 2.75) is 118 Å². The first-order valence-electron chi connectivity index (χ1n) is 23.6. The molecule has 0 aromatic heterocycles. The quantitative estimate of drug-likeness (QED) is 0.202. The molecule has 2 N–H and O–H groups in total. The molecular weight excluding hydrogens is 861 g/mol. The topological polar surface area (TPSA) is 177 Å². The highest BCUT2D eigenvalue weighted by atomic mass is 16.6. The molecule has 2 aliphatic carbocycles. The Balaban J connectivity index is 1.16. The van der Waals surface area contributed by atoms with Crippen LogP contribution in [0.4, 0.5) is 11.4 Å². The van der Waals surface area contributed by atoms with Crippen molar-refractivity contribution in [1.82, 2.24) is 9.80 Å². The van der Waals surface area contributed by atoms with E-state index in [0.29, 0.717) is 69.8 Å². The van der Waals surface area contributed by atoms with Gasteiger partial charge in [0.25, 0.3) is 0 Å². The van der Waals surface area contributed by atoms with Crippen molar-refractivity contribution in [3.63, 3.8) is 0 Å². The van der Waals surface area contributed by atoms with E-state index in [2.05, 4.69) is 46.2 Å². The molecule has 0 amide bonds. The summed E-state index contributed by atoms with van der Waals surface area (Å²) in [6.45, 7) is 9.34. The summed E-state index contributed by atoms with van der Waals surface area (Å²) in [5, 5.41) is 26.5. The Kier molecular flexibility index (Phi) is 10.3. The van der Waals surface area contributed by atoms with Gasteiger partial charge in [-0.2, -0.15) is 0 Å². The number of esters is 4. The van der Waals surface area contributed by atoms with Crippen molar-refractivity contribution in [3.05, 3.63) is 70.8 Å². The van der Waals surface area contributed by atoms with Gasteiger partial charge in [0.05, 0.1) is 40.5 Å². The van der Waals surface area contributed by atoms with Crippen molar-refractivity contribution in [3.8, 4) is 11.5 Å². The number of nitrogens with zero attached hydrogens (tertiary/aromatic N) is 4. The second-order valence-electron chi connectivity index (χ2n) is 20.3. The second-order valence-corrected chi connectivity index (χ2v) is 20.3. The van der Waals surface area contributed by atoms with Gasteiger partial charge in [-0.3, -0.25) is 19.4 Å². The molecule has 4 fully saturated rings. The van der Waals surface area contributed by atoms with Crippen LogP contribution in [0.3, 0.4) is 0 Å². The number of hydrogen-bond acceptors (Lipinski definition) is 16. The summed E-state index contributed by atoms with van der Waals surface area (Å²) in [5.41, 5.74) is -2.90. The van der Waals surface area contributed by atoms with Gasteiger partial charge in [-0.05, 0) is 73.2 Å². The van der Waals surface area contributed by atoms with Crippen molar-refractivity contribution >= 4 is 35.3 Å². The number of carbonyl (C=O) groups excluding carboxylic acids is 4. The first-order valence-corrected chi connectivity index (χ1v) is 23.6. The molecule has 0 bridgehead atoms. The molecule has 67 heavy (non-hydrogen) atoms. The van der Waals surface area contributed by atoms with Gasteiger partial charge in [0.15, 0.2) is 12.2 Å². The van der Waals surface area contributed by atoms with Gasteiger partial charge in [0.2, 0.25) is 11.2 Å². The molecule has 2 aromatic carbocycles. The van der Waals surface area contributed by atoms with Crippen molar-refractivity contribution in [1.29, 1.82) is 0 Å². The minimum atomic E-state index is -2.27. The van der Waals surface area contributed by atoms with Gasteiger partial charge < -0.3 is 48.4 Å². The van der Waals surface area contributed by atoms with Crippen LogP contribution in [0.5, 0.6) is 11.5 Å². The van der Waals surface area contributed by atoms with Gasteiger partial charge >= 0.3 is 23.9 Å². The minimum absolute atomic E-state index is 0.260. The summed E-state index contributed by atoms with van der Waals surface area (Å²) >= 11 is 0. The molecule has 6 aliphatic heterocycles. The Labute approximate surface area is 391 Å². The minimum Gasteiger partial charge on any atom is -0.496 e. The predicted octanol–water partition coefficient (Wildman–Crippen LogP) is 3.19. The molecule has 6 heterocycles. The fourth-order valence-electron chi connectivity index (χ4n) is 16.1. The third-order valence-corrected chi connectivity index (χ3v) is 18.0. The number of likely N-dealkylation sites (N-methyl/N-ethyl adjacent to an activating group) is 2. The van der Waals surface area contributed by atoms with Crippen LogP contribution in [0.1, 0.15) is 75.6 Å². The lowest BCUT2D eigenvalue weighted by molar-refractivity contribution is -0.229. The van der Waals surface area contributed by atoms with Gasteiger partial charge in [-0.25, -0.2) is 9.59 Å². The lowest BCUT2D eigenvalue weighted by Gasteiger charge is -2.63. The van der Waals surface area contributed by atoms with Crippen LogP contribution >= 0.6 is 0 Å². The molecule has 10 rings (SSSR count). The van der Waals surface area contributed by atoms with Crippen molar-refractivity contribution in [2.75, 3.05) is 78.5 Å². The summed E-state index contributed by atoms with van der Waals surface area (Å²) in [7, 11) is 9.51.